The lowest BCUT2D eigenvalue weighted by Crippen LogP contribution is -2.15. The van der Waals surface area contributed by atoms with Crippen molar-refractivity contribution in [2.75, 3.05) is 26.6 Å². The predicted molar refractivity (Wildman–Crippen MR) is 89.6 cm³/mol. The molecular formula is C18H21NO4. The van der Waals surface area contributed by atoms with Gasteiger partial charge in [-0.3, -0.25) is 4.79 Å². The van der Waals surface area contributed by atoms with Crippen LogP contribution in [0, 0.1) is 6.92 Å². The van der Waals surface area contributed by atoms with E-state index < -0.39 is 0 Å². The van der Waals surface area contributed by atoms with Crippen LogP contribution in [0.5, 0.6) is 17.2 Å². The van der Waals surface area contributed by atoms with Crippen molar-refractivity contribution in [3.63, 3.8) is 0 Å². The van der Waals surface area contributed by atoms with Crippen molar-refractivity contribution < 1.29 is 19.0 Å². The number of benzene rings is 2. The molecule has 0 spiro atoms. The van der Waals surface area contributed by atoms with Gasteiger partial charge in [-0.2, -0.15) is 0 Å². The van der Waals surface area contributed by atoms with E-state index in [1.54, 1.807) is 39.5 Å². The standard InChI is InChI=1S/C18H21NO4/c1-12-9-13(5-7-16(12)22-3)10-18(20)19-15-11-14(21-2)6-8-17(15)23-4/h5-9,11H,10H2,1-4H3,(H,19,20). The quantitative estimate of drug-likeness (QED) is 0.889. The minimum absolute atomic E-state index is 0.124. The van der Waals surface area contributed by atoms with Crippen LogP contribution in [-0.4, -0.2) is 27.2 Å². The molecule has 0 atom stereocenters. The summed E-state index contributed by atoms with van der Waals surface area (Å²) in [6.07, 6.45) is 0.269. The maximum Gasteiger partial charge on any atom is 0.228 e. The molecule has 0 aromatic heterocycles. The van der Waals surface area contributed by atoms with Crippen LogP contribution in [0.2, 0.25) is 0 Å². The zero-order chi connectivity index (χ0) is 16.8. The summed E-state index contributed by atoms with van der Waals surface area (Å²) in [6.45, 7) is 1.95. The second-order valence-electron chi connectivity index (χ2n) is 5.10. The molecule has 0 fully saturated rings. The van der Waals surface area contributed by atoms with Gasteiger partial charge in [-0.05, 0) is 36.2 Å². The zero-order valence-electron chi connectivity index (χ0n) is 13.8. The Hall–Kier alpha value is -2.69. The molecule has 0 saturated heterocycles. The molecule has 0 aliphatic carbocycles. The van der Waals surface area contributed by atoms with Gasteiger partial charge in [0.25, 0.3) is 0 Å². The highest BCUT2D eigenvalue weighted by molar-refractivity contribution is 5.94. The molecule has 0 aliphatic rings. The van der Waals surface area contributed by atoms with Gasteiger partial charge < -0.3 is 19.5 Å². The molecule has 5 heteroatoms. The molecule has 5 nitrogen and oxygen atoms in total. The second kappa shape index (κ2) is 7.54. The summed E-state index contributed by atoms with van der Waals surface area (Å²) < 4.78 is 15.7. The van der Waals surface area contributed by atoms with Gasteiger partial charge in [0.1, 0.15) is 17.2 Å². The normalized spacial score (nSPS) is 10.1. The lowest BCUT2D eigenvalue weighted by molar-refractivity contribution is -0.115. The number of anilines is 1. The van der Waals surface area contributed by atoms with E-state index in [9.17, 15) is 4.79 Å². The number of methoxy groups -OCH3 is 3. The minimum atomic E-state index is -0.124. The fourth-order valence-corrected chi connectivity index (χ4v) is 2.34. The number of hydrogen-bond donors (Lipinski definition) is 1. The van der Waals surface area contributed by atoms with Crippen LogP contribution in [0.25, 0.3) is 0 Å². The molecule has 0 aliphatic heterocycles. The Labute approximate surface area is 136 Å². The maximum absolute atomic E-state index is 12.3. The van der Waals surface area contributed by atoms with E-state index in [0.29, 0.717) is 17.2 Å². The molecule has 0 heterocycles. The summed E-state index contributed by atoms with van der Waals surface area (Å²) >= 11 is 0. The third-order valence-corrected chi connectivity index (χ3v) is 3.50. The molecule has 0 unspecified atom stereocenters. The molecule has 2 aromatic carbocycles. The number of amides is 1. The molecule has 0 radical (unpaired) electrons. The van der Waals surface area contributed by atoms with Crippen molar-refractivity contribution in [1.29, 1.82) is 0 Å². The summed E-state index contributed by atoms with van der Waals surface area (Å²) in [4.78, 5) is 12.3. The van der Waals surface area contributed by atoms with Gasteiger partial charge in [0.2, 0.25) is 5.91 Å². The van der Waals surface area contributed by atoms with E-state index in [-0.39, 0.29) is 12.3 Å². The van der Waals surface area contributed by atoms with E-state index in [4.69, 9.17) is 14.2 Å². The Morgan fingerprint density at radius 2 is 1.65 bits per heavy atom. The summed E-state index contributed by atoms with van der Waals surface area (Å²) in [7, 11) is 4.77. The molecule has 122 valence electrons. The third kappa shape index (κ3) is 4.16. The van der Waals surface area contributed by atoms with E-state index in [0.717, 1.165) is 16.9 Å². The summed E-state index contributed by atoms with van der Waals surface area (Å²) in [5.74, 6) is 1.93. The highest BCUT2D eigenvalue weighted by Gasteiger charge is 2.10. The smallest absolute Gasteiger partial charge is 0.228 e. The first-order valence-electron chi connectivity index (χ1n) is 7.22. The number of rotatable bonds is 6. The fraction of sp³-hybridized carbons (Fsp3) is 0.278. The highest BCUT2D eigenvalue weighted by atomic mass is 16.5. The summed E-state index contributed by atoms with van der Waals surface area (Å²) in [6, 6.07) is 11.0. The first-order chi connectivity index (χ1) is 11.1. The lowest BCUT2D eigenvalue weighted by Gasteiger charge is -2.12. The number of ether oxygens (including phenoxy) is 3. The molecule has 0 bridgehead atoms. The molecule has 1 N–H and O–H groups in total. The van der Waals surface area contributed by atoms with Gasteiger partial charge in [0.15, 0.2) is 0 Å². The highest BCUT2D eigenvalue weighted by Crippen LogP contribution is 2.29. The average molecular weight is 315 g/mol. The van der Waals surface area contributed by atoms with Crippen molar-refractivity contribution in [3.8, 4) is 17.2 Å². The van der Waals surface area contributed by atoms with E-state index >= 15 is 0 Å². The third-order valence-electron chi connectivity index (χ3n) is 3.50. The minimum Gasteiger partial charge on any atom is -0.497 e. The zero-order valence-corrected chi connectivity index (χ0v) is 13.8. The van der Waals surface area contributed by atoms with Gasteiger partial charge >= 0.3 is 0 Å². The van der Waals surface area contributed by atoms with Crippen molar-refractivity contribution in [3.05, 3.63) is 47.5 Å². The van der Waals surface area contributed by atoms with Crippen LogP contribution in [-0.2, 0) is 11.2 Å². The van der Waals surface area contributed by atoms with Crippen LogP contribution in [0.4, 0.5) is 5.69 Å². The number of carbonyl (C=O) groups is 1. The maximum atomic E-state index is 12.3. The van der Waals surface area contributed by atoms with Crippen LogP contribution in [0.3, 0.4) is 0 Å². The molecule has 2 rings (SSSR count). The monoisotopic (exact) mass is 315 g/mol. The Morgan fingerprint density at radius 3 is 2.26 bits per heavy atom. The molecule has 2 aromatic rings. The Morgan fingerprint density at radius 1 is 0.957 bits per heavy atom. The van der Waals surface area contributed by atoms with E-state index in [2.05, 4.69) is 5.32 Å². The van der Waals surface area contributed by atoms with Gasteiger partial charge in [-0.15, -0.1) is 0 Å². The van der Waals surface area contributed by atoms with Crippen molar-refractivity contribution >= 4 is 11.6 Å². The van der Waals surface area contributed by atoms with Crippen molar-refractivity contribution in [2.45, 2.75) is 13.3 Å². The van der Waals surface area contributed by atoms with Crippen LogP contribution in [0.15, 0.2) is 36.4 Å². The molecule has 23 heavy (non-hydrogen) atoms. The summed E-state index contributed by atoms with van der Waals surface area (Å²) in [5, 5.41) is 2.86. The largest absolute Gasteiger partial charge is 0.497 e. The molecule has 1 amide bonds. The van der Waals surface area contributed by atoms with Gasteiger partial charge in [0.05, 0.1) is 33.4 Å². The van der Waals surface area contributed by atoms with Gasteiger partial charge in [0, 0.05) is 6.07 Å². The van der Waals surface area contributed by atoms with Gasteiger partial charge in [-0.1, -0.05) is 12.1 Å². The average Bonchev–Trinajstić information content (AvgIpc) is 2.54. The first kappa shape index (κ1) is 16.7. The van der Waals surface area contributed by atoms with Crippen LogP contribution < -0.4 is 19.5 Å². The van der Waals surface area contributed by atoms with Crippen molar-refractivity contribution in [1.82, 2.24) is 0 Å². The van der Waals surface area contributed by atoms with Crippen LogP contribution in [0.1, 0.15) is 11.1 Å². The van der Waals surface area contributed by atoms with E-state index in [1.165, 1.54) is 0 Å². The second-order valence-corrected chi connectivity index (χ2v) is 5.10. The number of carbonyl (C=O) groups excluding carboxylic acids is 1. The predicted octanol–water partition coefficient (Wildman–Crippen LogP) is 3.20. The van der Waals surface area contributed by atoms with Crippen LogP contribution >= 0.6 is 0 Å². The number of aryl methyl sites for hydroxylation is 1. The van der Waals surface area contributed by atoms with E-state index in [1.807, 2.05) is 25.1 Å². The first-order valence-corrected chi connectivity index (χ1v) is 7.22. The molecule has 0 saturated carbocycles. The number of hydrogen-bond acceptors (Lipinski definition) is 4. The van der Waals surface area contributed by atoms with Gasteiger partial charge in [-0.25, -0.2) is 0 Å². The van der Waals surface area contributed by atoms with Crippen molar-refractivity contribution in [2.24, 2.45) is 0 Å². The SMILES string of the molecule is COc1ccc(OC)c(NC(=O)Cc2ccc(OC)c(C)c2)c1. The summed E-state index contributed by atoms with van der Waals surface area (Å²) in [5.41, 5.74) is 2.50. The Bertz CT molecular complexity index is 697. The fourth-order valence-electron chi connectivity index (χ4n) is 2.34. The topological polar surface area (TPSA) is 56.8 Å². The Kier molecular flexibility index (Phi) is 5.46. The molecular weight excluding hydrogens is 294 g/mol. The lowest BCUT2D eigenvalue weighted by atomic mass is 10.1. The number of nitrogens with one attached hydrogen (secondary N) is 1. The Balaban J connectivity index is 2.11.